The summed E-state index contributed by atoms with van der Waals surface area (Å²) >= 11 is 5.97. The summed E-state index contributed by atoms with van der Waals surface area (Å²) < 4.78 is 33.3. The minimum atomic E-state index is -3.55. The molecule has 1 amide bonds. The summed E-state index contributed by atoms with van der Waals surface area (Å²) in [6.07, 6.45) is 0. The number of amides is 1. The molecule has 164 valence electrons. The maximum absolute atomic E-state index is 13.2. The van der Waals surface area contributed by atoms with E-state index in [1.54, 1.807) is 54.6 Å². The van der Waals surface area contributed by atoms with E-state index < -0.39 is 15.6 Å². The number of ether oxygens (including phenoxy) is 1. The van der Waals surface area contributed by atoms with Crippen LogP contribution in [0.25, 0.3) is 0 Å². The van der Waals surface area contributed by atoms with Gasteiger partial charge >= 0.3 is 0 Å². The second-order valence-corrected chi connectivity index (χ2v) is 10.8. The summed E-state index contributed by atoms with van der Waals surface area (Å²) in [5, 5.41) is 0.583. The van der Waals surface area contributed by atoms with Gasteiger partial charge in [-0.25, -0.2) is 8.42 Å². The number of sulfonamides is 1. The van der Waals surface area contributed by atoms with Crippen molar-refractivity contribution in [1.82, 2.24) is 14.1 Å². The Kier molecular flexibility index (Phi) is 5.30. The molecule has 1 spiro atoms. The lowest BCUT2D eigenvalue weighted by atomic mass is 9.84. The zero-order valence-electron chi connectivity index (χ0n) is 17.0. The molecule has 0 radical (unpaired) electrons. The van der Waals surface area contributed by atoms with Gasteiger partial charge in [0, 0.05) is 43.3 Å². The van der Waals surface area contributed by atoms with E-state index in [0.717, 1.165) is 6.54 Å². The van der Waals surface area contributed by atoms with Crippen molar-refractivity contribution in [3.05, 3.63) is 65.2 Å². The van der Waals surface area contributed by atoms with Crippen LogP contribution in [0.4, 0.5) is 0 Å². The summed E-state index contributed by atoms with van der Waals surface area (Å²) in [6.45, 7) is 3.69. The fourth-order valence-corrected chi connectivity index (χ4v) is 6.67. The topological polar surface area (TPSA) is 70.2 Å². The van der Waals surface area contributed by atoms with Crippen LogP contribution in [0.1, 0.15) is 10.4 Å². The number of benzene rings is 2. The lowest BCUT2D eigenvalue weighted by Gasteiger charge is -2.62. The predicted molar refractivity (Wildman–Crippen MR) is 117 cm³/mol. The molecule has 3 fully saturated rings. The molecule has 0 aliphatic carbocycles. The Hall–Kier alpha value is -1.97. The summed E-state index contributed by atoms with van der Waals surface area (Å²) in [7, 11) is -3.55. The molecule has 1 unspecified atom stereocenters. The van der Waals surface area contributed by atoms with Crippen molar-refractivity contribution in [2.45, 2.75) is 16.5 Å². The number of halogens is 1. The average Bonchev–Trinajstić information content (AvgIpc) is 2.77. The van der Waals surface area contributed by atoms with Crippen LogP contribution in [0, 0.1) is 0 Å². The van der Waals surface area contributed by atoms with Crippen molar-refractivity contribution in [3.63, 3.8) is 0 Å². The van der Waals surface area contributed by atoms with Crippen molar-refractivity contribution < 1.29 is 17.9 Å². The van der Waals surface area contributed by atoms with E-state index in [2.05, 4.69) is 4.90 Å². The van der Waals surface area contributed by atoms with Crippen LogP contribution < -0.4 is 0 Å². The van der Waals surface area contributed by atoms with Gasteiger partial charge in [-0.1, -0.05) is 29.8 Å². The minimum absolute atomic E-state index is 0.0559. The molecule has 0 saturated carbocycles. The van der Waals surface area contributed by atoms with E-state index in [1.165, 1.54) is 4.31 Å². The van der Waals surface area contributed by atoms with Gasteiger partial charge in [0.15, 0.2) is 0 Å². The number of nitrogens with zero attached hydrogens (tertiary/aromatic N) is 3. The number of carbonyl (C=O) groups is 1. The van der Waals surface area contributed by atoms with Crippen LogP contribution in [0.5, 0.6) is 0 Å². The zero-order chi connectivity index (χ0) is 21.6. The van der Waals surface area contributed by atoms with Gasteiger partial charge in [-0.05, 0) is 36.4 Å². The summed E-state index contributed by atoms with van der Waals surface area (Å²) in [4.78, 5) is 17.7. The molecule has 31 heavy (non-hydrogen) atoms. The first kappa shape index (κ1) is 20.9. The quantitative estimate of drug-likeness (QED) is 0.698. The standard InChI is InChI=1S/C22H24ClN3O4S/c23-18-8-6-17(7-9-18)21(27)24-12-19-13-30-11-10-26(19)22(14-24)15-25(16-22)31(28,29)20-4-2-1-3-5-20/h1-9,19H,10-16H2. The van der Waals surface area contributed by atoms with Gasteiger partial charge < -0.3 is 9.64 Å². The minimum Gasteiger partial charge on any atom is -0.378 e. The molecule has 1 atom stereocenters. The molecule has 3 saturated heterocycles. The maximum atomic E-state index is 13.2. The van der Waals surface area contributed by atoms with E-state index in [1.807, 2.05) is 4.90 Å². The van der Waals surface area contributed by atoms with Gasteiger partial charge in [-0.15, -0.1) is 0 Å². The third-order valence-electron chi connectivity index (χ3n) is 6.45. The Morgan fingerprint density at radius 1 is 1.03 bits per heavy atom. The van der Waals surface area contributed by atoms with E-state index in [9.17, 15) is 13.2 Å². The van der Waals surface area contributed by atoms with Crippen LogP contribution >= 0.6 is 11.6 Å². The lowest BCUT2D eigenvalue weighted by Crippen LogP contribution is -2.81. The van der Waals surface area contributed by atoms with Gasteiger partial charge in [0.2, 0.25) is 10.0 Å². The molecule has 3 aliphatic heterocycles. The van der Waals surface area contributed by atoms with Gasteiger partial charge in [0.05, 0.1) is 29.7 Å². The van der Waals surface area contributed by atoms with Crippen LogP contribution in [0.2, 0.25) is 5.02 Å². The highest BCUT2D eigenvalue weighted by Gasteiger charge is 2.57. The molecular formula is C22H24ClN3O4S. The Morgan fingerprint density at radius 3 is 2.45 bits per heavy atom. The van der Waals surface area contributed by atoms with Gasteiger partial charge in [-0.3, -0.25) is 9.69 Å². The van der Waals surface area contributed by atoms with Gasteiger partial charge in [-0.2, -0.15) is 4.31 Å². The molecule has 3 heterocycles. The SMILES string of the molecule is O=C(c1ccc(Cl)cc1)N1CC2COCCN2C2(C1)CN(S(=O)(=O)c1ccccc1)C2. The second kappa shape index (κ2) is 7.86. The summed E-state index contributed by atoms with van der Waals surface area (Å²) in [5.41, 5.74) is 0.189. The number of fused-ring (bicyclic) bond motifs is 2. The Morgan fingerprint density at radius 2 is 1.74 bits per heavy atom. The highest BCUT2D eigenvalue weighted by Crippen LogP contribution is 2.38. The highest BCUT2D eigenvalue weighted by atomic mass is 35.5. The molecule has 0 N–H and O–H groups in total. The van der Waals surface area contributed by atoms with Crippen molar-refractivity contribution in [2.24, 2.45) is 0 Å². The summed E-state index contributed by atoms with van der Waals surface area (Å²) in [5.74, 6) is -0.0642. The Balaban J connectivity index is 1.39. The monoisotopic (exact) mass is 461 g/mol. The molecule has 5 rings (SSSR count). The third kappa shape index (κ3) is 3.66. The second-order valence-electron chi connectivity index (χ2n) is 8.43. The molecule has 2 aromatic carbocycles. The van der Waals surface area contributed by atoms with Crippen molar-refractivity contribution in [2.75, 3.05) is 45.9 Å². The average molecular weight is 462 g/mol. The highest BCUT2D eigenvalue weighted by molar-refractivity contribution is 7.89. The van der Waals surface area contributed by atoms with Crippen LogP contribution in [0.3, 0.4) is 0 Å². The van der Waals surface area contributed by atoms with Crippen LogP contribution in [0.15, 0.2) is 59.5 Å². The van der Waals surface area contributed by atoms with Crippen molar-refractivity contribution >= 4 is 27.5 Å². The number of carbonyl (C=O) groups excluding carboxylic acids is 1. The normalized spacial score (nSPS) is 23.9. The lowest BCUT2D eigenvalue weighted by molar-refractivity contribution is -0.141. The van der Waals surface area contributed by atoms with E-state index >= 15 is 0 Å². The number of morpholine rings is 1. The molecule has 0 bridgehead atoms. The number of rotatable bonds is 3. The molecule has 9 heteroatoms. The maximum Gasteiger partial charge on any atom is 0.253 e. The Bertz CT molecular complexity index is 1070. The summed E-state index contributed by atoms with van der Waals surface area (Å²) in [6, 6.07) is 15.4. The first-order valence-corrected chi connectivity index (χ1v) is 12.2. The van der Waals surface area contributed by atoms with Gasteiger partial charge in [0.25, 0.3) is 5.91 Å². The largest absolute Gasteiger partial charge is 0.378 e. The van der Waals surface area contributed by atoms with Crippen molar-refractivity contribution in [1.29, 1.82) is 0 Å². The van der Waals surface area contributed by atoms with E-state index in [-0.39, 0.29) is 11.9 Å². The van der Waals surface area contributed by atoms with E-state index in [4.69, 9.17) is 16.3 Å². The zero-order valence-corrected chi connectivity index (χ0v) is 18.6. The molecular weight excluding hydrogens is 438 g/mol. The number of hydrogen-bond donors (Lipinski definition) is 0. The fourth-order valence-electron chi connectivity index (χ4n) is 4.93. The van der Waals surface area contributed by atoms with Crippen molar-refractivity contribution in [3.8, 4) is 0 Å². The fraction of sp³-hybridized carbons (Fsp3) is 0.409. The first-order valence-electron chi connectivity index (χ1n) is 10.3. The van der Waals surface area contributed by atoms with Crippen LogP contribution in [-0.2, 0) is 14.8 Å². The molecule has 7 nitrogen and oxygen atoms in total. The first-order chi connectivity index (χ1) is 14.9. The third-order valence-corrected chi connectivity index (χ3v) is 8.51. The van der Waals surface area contributed by atoms with Gasteiger partial charge in [0.1, 0.15) is 0 Å². The number of piperazine rings is 1. The van der Waals surface area contributed by atoms with Crippen LogP contribution in [-0.4, -0.2) is 85.9 Å². The molecule has 2 aromatic rings. The van der Waals surface area contributed by atoms with E-state index in [0.29, 0.717) is 54.9 Å². The smallest absolute Gasteiger partial charge is 0.253 e. The number of hydrogen-bond acceptors (Lipinski definition) is 5. The predicted octanol–water partition coefficient (Wildman–Crippen LogP) is 1.94. The Labute approximate surface area is 187 Å². The molecule has 0 aromatic heterocycles. The molecule has 3 aliphatic rings.